The van der Waals surface area contributed by atoms with Gasteiger partial charge in [0.1, 0.15) is 5.75 Å². The zero-order valence-electron chi connectivity index (χ0n) is 20.5. The molecule has 0 radical (unpaired) electrons. The Hall–Kier alpha value is -4.05. The number of hydrogen-bond acceptors (Lipinski definition) is 5. The molecule has 38 heavy (non-hydrogen) atoms. The summed E-state index contributed by atoms with van der Waals surface area (Å²) in [4.78, 5) is 11.8. The summed E-state index contributed by atoms with van der Waals surface area (Å²) >= 11 is 0. The zero-order chi connectivity index (χ0) is 27.0. The molecule has 0 aliphatic rings. The van der Waals surface area contributed by atoms with Gasteiger partial charge in [0.2, 0.25) is 5.91 Å². The number of ether oxygens (including phenoxy) is 1. The Balaban J connectivity index is 1.39. The number of hydrogen-bond donors (Lipinski definition) is 1. The van der Waals surface area contributed by atoms with E-state index in [1.807, 2.05) is 53.4 Å². The monoisotopic (exact) mass is 539 g/mol. The van der Waals surface area contributed by atoms with Crippen molar-refractivity contribution in [1.29, 1.82) is 0 Å². The summed E-state index contributed by atoms with van der Waals surface area (Å²) in [6, 6.07) is 19.7. The Morgan fingerprint density at radius 2 is 1.74 bits per heavy atom. The predicted octanol–water partition coefficient (Wildman–Crippen LogP) is 4.66. The van der Waals surface area contributed by atoms with Crippen molar-refractivity contribution in [1.82, 2.24) is 14.5 Å². The number of nitrogens with zero attached hydrogens (tertiary/aromatic N) is 2. The summed E-state index contributed by atoms with van der Waals surface area (Å²) in [6.45, 7) is 1.01. The Bertz CT molecular complexity index is 1480. The normalized spacial score (nSPS) is 11.3. The second kappa shape index (κ2) is 12.5. The molecular formula is C28H27F2N3O4S. The maximum absolute atomic E-state index is 13.4. The van der Waals surface area contributed by atoms with Crippen LogP contribution in [0.1, 0.15) is 29.5 Å². The minimum atomic E-state index is -4.33. The van der Waals surface area contributed by atoms with Crippen LogP contribution in [0.15, 0.2) is 90.1 Å². The van der Waals surface area contributed by atoms with E-state index in [9.17, 15) is 22.0 Å². The highest BCUT2D eigenvalue weighted by molar-refractivity contribution is 7.90. The highest BCUT2D eigenvalue weighted by Crippen LogP contribution is 2.23. The molecule has 0 aliphatic heterocycles. The predicted molar refractivity (Wildman–Crippen MR) is 138 cm³/mol. The fourth-order valence-electron chi connectivity index (χ4n) is 3.85. The van der Waals surface area contributed by atoms with Crippen LogP contribution < -0.4 is 9.46 Å². The minimum absolute atomic E-state index is 0.130. The van der Waals surface area contributed by atoms with Crippen LogP contribution >= 0.6 is 0 Å². The molecule has 0 unspecified atom stereocenters. The molecule has 1 heterocycles. The SMILES string of the molecule is O=C(CCc1ccc(Cn2cccn2)c(OCCCc2ccccc2)c1)NS(=O)(=O)c1ccc(F)c(F)c1. The van der Waals surface area contributed by atoms with Crippen LogP contribution in [0.5, 0.6) is 5.75 Å². The van der Waals surface area contributed by atoms with Crippen molar-refractivity contribution in [3.63, 3.8) is 0 Å². The van der Waals surface area contributed by atoms with Crippen molar-refractivity contribution < 1.29 is 26.7 Å². The maximum atomic E-state index is 13.4. The molecule has 4 rings (SSSR count). The van der Waals surface area contributed by atoms with Gasteiger partial charge in [0.15, 0.2) is 11.6 Å². The van der Waals surface area contributed by atoms with Crippen LogP contribution in [0.2, 0.25) is 0 Å². The lowest BCUT2D eigenvalue weighted by atomic mass is 10.1. The van der Waals surface area contributed by atoms with Crippen LogP contribution in [0.25, 0.3) is 0 Å². The third-order valence-electron chi connectivity index (χ3n) is 5.82. The molecule has 4 aromatic rings. The number of amides is 1. The van der Waals surface area contributed by atoms with E-state index < -0.39 is 32.5 Å². The molecule has 0 bridgehead atoms. The molecule has 0 saturated carbocycles. The summed E-state index contributed by atoms with van der Waals surface area (Å²) in [5.74, 6) is -2.59. The van der Waals surface area contributed by atoms with Gasteiger partial charge in [-0.2, -0.15) is 5.10 Å². The van der Waals surface area contributed by atoms with E-state index in [1.54, 1.807) is 10.9 Å². The average Bonchev–Trinajstić information content (AvgIpc) is 3.41. The largest absolute Gasteiger partial charge is 0.493 e. The molecule has 198 valence electrons. The van der Waals surface area contributed by atoms with Gasteiger partial charge in [-0.05, 0) is 60.7 Å². The van der Waals surface area contributed by atoms with Crippen molar-refractivity contribution >= 4 is 15.9 Å². The molecule has 0 aliphatic carbocycles. The molecule has 3 aromatic carbocycles. The highest BCUT2D eigenvalue weighted by Gasteiger charge is 2.19. The Morgan fingerprint density at radius 3 is 2.47 bits per heavy atom. The number of aromatic nitrogens is 2. The molecular weight excluding hydrogens is 512 g/mol. The Labute approximate surface area is 220 Å². The minimum Gasteiger partial charge on any atom is -0.493 e. The summed E-state index contributed by atoms with van der Waals surface area (Å²) in [5, 5.41) is 4.25. The quantitative estimate of drug-likeness (QED) is 0.265. The summed E-state index contributed by atoms with van der Waals surface area (Å²) in [6.07, 6.45) is 5.37. The van der Waals surface area contributed by atoms with Gasteiger partial charge in [0.05, 0.1) is 18.0 Å². The van der Waals surface area contributed by atoms with Crippen molar-refractivity contribution in [2.75, 3.05) is 6.61 Å². The smallest absolute Gasteiger partial charge is 0.264 e. The molecule has 0 saturated heterocycles. The molecule has 0 fully saturated rings. The van der Waals surface area contributed by atoms with Crippen molar-refractivity contribution in [2.45, 2.75) is 37.1 Å². The van der Waals surface area contributed by atoms with Crippen LogP contribution in [0.3, 0.4) is 0 Å². The third kappa shape index (κ3) is 7.48. The van der Waals surface area contributed by atoms with Gasteiger partial charge in [-0.15, -0.1) is 0 Å². The van der Waals surface area contributed by atoms with E-state index in [2.05, 4.69) is 17.2 Å². The molecule has 0 atom stereocenters. The van der Waals surface area contributed by atoms with Crippen molar-refractivity contribution in [3.05, 3.63) is 114 Å². The van der Waals surface area contributed by atoms with Crippen molar-refractivity contribution in [2.24, 2.45) is 0 Å². The molecule has 1 amide bonds. The van der Waals surface area contributed by atoms with E-state index in [0.717, 1.165) is 30.0 Å². The summed E-state index contributed by atoms with van der Waals surface area (Å²) in [5.41, 5.74) is 2.93. The topological polar surface area (TPSA) is 90.3 Å². The van der Waals surface area contributed by atoms with Crippen LogP contribution in [0, 0.1) is 11.6 Å². The van der Waals surface area contributed by atoms with Gasteiger partial charge >= 0.3 is 0 Å². The van der Waals surface area contributed by atoms with E-state index >= 15 is 0 Å². The van der Waals surface area contributed by atoms with Gasteiger partial charge < -0.3 is 4.74 Å². The highest BCUT2D eigenvalue weighted by atomic mass is 32.2. The number of carbonyl (C=O) groups is 1. The first-order valence-electron chi connectivity index (χ1n) is 12.1. The fraction of sp³-hybridized carbons (Fsp3) is 0.214. The lowest BCUT2D eigenvalue weighted by molar-refractivity contribution is -0.119. The fourth-order valence-corrected chi connectivity index (χ4v) is 4.88. The van der Waals surface area contributed by atoms with Crippen LogP contribution in [-0.2, 0) is 34.2 Å². The van der Waals surface area contributed by atoms with E-state index in [0.29, 0.717) is 31.0 Å². The first-order valence-corrected chi connectivity index (χ1v) is 13.5. The molecule has 1 N–H and O–H groups in total. The van der Waals surface area contributed by atoms with E-state index in [1.165, 1.54) is 5.56 Å². The van der Waals surface area contributed by atoms with Gasteiger partial charge in [0.25, 0.3) is 10.0 Å². The number of carbonyl (C=O) groups excluding carboxylic acids is 1. The Kier molecular flexibility index (Phi) is 8.85. The maximum Gasteiger partial charge on any atom is 0.264 e. The number of rotatable bonds is 12. The summed E-state index contributed by atoms with van der Waals surface area (Å²) < 4.78 is 61.1. The number of sulfonamides is 1. The van der Waals surface area contributed by atoms with E-state index in [4.69, 9.17) is 4.74 Å². The number of halogens is 2. The summed E-state index contributed by atoms with van der Waals surface area (Å²) in [7, 11) is -4.33. The van der Waals surface area contributed by atoms with Crippen LogP contribution in [-0.4, -0.2) is 30.7 Å². The lowest BCUT2D eigenvalue weighted by Crippen LogP contribution is -2.30. The van der Waals surface area contributed by atoms with Gasteiger partial charge in [-0.25, -0.2) is 21.9 Å². The Morgan fingerprint density at radius 1 is 0.921 bits per heavy atom. The molecule has 1 aromatic heterocycles. The zero-order valence-corrected chi connectivity index (χ0v) is 21.3. The molecule has 10 heteroatoms. The van der Waals surface area contributed by atoms with Gasteiger partial charge in [-0.3, -0.25) is 9.48 Å². The number of aryl methyl sites for hydroxylation is 2. The third-order valence-corrected chi connectivity index (χ3v) is 7.19. The molecule has 0 spiro atoms. The van der Waals surface area contributed by atoms with Gasteiger partial charge in [-0.1, -0.05) is 42.5 Å². The van der Waals surface area contributed by atoms with Crippen molar-refractivity contribution in [3.8, 4) is 5.75 Å². The second-order valence-corrected chi connectivity index (χ2v) is 10.4. The number of nitrogens with one attached hydrogen (secondary N) is 1. The van der Waals surface area contributed by atoms with Gasteiger partial charge in [0, 0.05) is 24.4 Å². The number of benzene rings is 3. The first-order chi connectivity index (χ1) is 18.3. The average molecular weight is 540 g/mol. The second-order valence-electron chi connectivity index (χ2n) is 8.69. The lowest BCUT2D eigenvalue weighted by Gasteiger charge is -2.14. The standard InChI is InChI=1S/C28H27F2N3O4S/c29-25-13-12-24(19-26(25)30)38(35,36)32-28(34)14-10-22-9-11-23(20-33-16-5-15-31-33)27(18-22)37-17-4-8-21-6-2-1-3-7-21/h1-3,5-7,9,11-13,15-16,18-19H,4,8,10,14,17,20H2,(H,32,34). The van der Waals surface area contributed by atoms with E-state index in [-0.39, 0.29) is 12.8 Å². The first kappa shape index (κ1) is 27.0. The van der Waals surface area contributed by atoms with Crippen LogP contribution in [0.4, 0.5) is 8.78 Å². The molecule has 7 nitrogen and oxygen atoms in total.